The standard InChI is InChI=1S/C24H24Cl4N2O2/c1-29-17(11-18-21(27)9-16(25)10-22(18)29)12-19-20(26)3-2-15(24(19)28)13-30-6-4-14(5-7-30)8-23(31)32/h2-3,9-11,14H,4-8,12-13H2,1H3,(H,31,32). The van der Waals surface area contributed by atoms with Crippen molar-refractivity contribution in [3.05, 3.63) is 67.2 Å². The molecule has 0 spiro atoms. The number of aliphatic carboxylic acids is 1. The van der Waals surface area contributed by atoms with Crippen LogP contribution < -0.4 is 0 Å². The molecular formula is C24H24Cl4N2O2. The maximum absolute atomic E-state index is 11.0. The lowest BCUT2D eigenvalue weighted by Crippen LogP contribution is -2.34. The van der Waals surface area contributed by atoms with Gasteiger partial charge in [-0.3, -0.25) is 9.69 Å². The molecule has 1 fully saturated rings. The minimum atomic E-state index is -0.717. The first-order valence-corrected chi connectivity index (χ1v) is 12.1. The number of piperidine rings is 1. The Labute approximate surface area is 207 Å². The van der Waals surface area contributed by atoms with E-state index in [1.165, 1.54) is 0 Å². The van der Waals surface area contributed by atoms with E-state index in [1.54, 1.807) is 6.07 Å². The first-order chi connectivity index (χ1) is 15.2. The summed E-state index contributed by atoms with van der Waals surface area (Å²) < 4.78 is 2.07. The van der Waals surface area contributed by atoms with Crippen LogP contribution in [0.1, 0.15) is 36.1 Å². The Balaban J connectivity index is 1.55. The minimum absolute atomic E-state index is 0.250. The summed E-state index contributed by atoms with van der Waals surface area (Å²) in [5.41, 5.74) is 3.92. The van der Waals surface area contributed by atoms with Crippen LogP contribution in [0.3, 0.4) is 0 Å². The molecular weight excluding hydrogens is 490 g/mol. The van der Waals surface area contributed by atoms with E-state index < -0.39 is 5.97 Å². The highest BCUT2D eigenvalue weighted by Crippen LogP contribution is 2.35. The predicted octanol–water partition coefficient (Wildman–Crippen LogP) is 7.07. The monoisotopic (exact) mass is 512 g/mol. The third-order valence-electron chi connectivity index (χ3n) is 6.36. The SMILES string of the molecule is Cn1c(Cc2c(Cl)ccc(CN3CCC(CC(=O)O)CC3)c2Cl)cc2c(Cl)cc(Cl)cc21. The Morgan fingerprint density at radius 2 is 1.78 bits per heavy atom. The lowest BCUT2D eigenvalue weighted by atomic mass is 9.93. The van der Waals surface area contributed by atoms with Crippen LogP contribution in [0.2, 0.25) is 20.1 Å². The molecule has 170 valence electrons. The molecule has 4 rings (SSSR count). The van der Waals surface area contributed by atoms with Crippen molar-refractivity contribution in [3.8, 4) is 0 Å². The van der Waals surface area contributed by atoms with E-state index in [0.717, 1.165) is 60.2 Å². The molecule has 1 aliphatic rings. The fourth-order valence-electron chi connectivity index (χ4n) is 4.53. The van der Waals surface area contributed by atoms with E-state index in [-0.39, 0.29) is 12.3 Å². The van der Waals surface area contributed by atoms with Gasteiger partial charge < -0.3 is 9.67 Å². The second kappa shape index (κ2) is 9.82. The number of rotatable bonds is 6. The number of carboxylic acid groups (broad SMARTS) is 1. The molecule has 0 saturated carbocycles. The Bertz CT molecular complexity index is 1170. The first-order valence-electron chi connectivity index (χ1n) is 10.6. The maximum atomic E-state index is 11.0. The van der Waals surface area contributed by atoms with Crippen molar-refractivity contribution in [3.63, 3.8) is 0 Å². The van der Waals surface area contributed by atoms with E-state index in [2.05, 4.69) is 15.5 Å². The number of hydrogen-bond acceptors (Lipinski definition) is 2. The second-order valence-electron chi connectivity index (χ2n) is 8.51. The van der Waals surface area contributed by atoms with Gasteiger partial charge >= 0.3 is 5.97 Å². The molecule has 0 unspecified atom stereocenters. The Morgan fingerprint density at radius 3 is 2.47 bits per heavy atom. The summed E-state index contributed by atoms with van der Waals surface area (Å²) in [4.78, 5) is 13.3. The van der Waals surface area contributed by atoms with Gasteiger partial charge in [-0.2, -0.15) is 0 Å². The molecule has 0 atom stereocenters. The number of carbonyl (C=O) groups is 1. The topological polar surface area (TPSA) is 45.5 Å². The molecule has 1 aliphatic heterocycles. The zero-order valence-electron chi connectivity index (χ0n) is 17.7. The molecule has 0 aliphatic carbocycles. The normalized spacial score (nSPS) is 15.5. The van der Waals surface area contributed by atoms with E-state index in [1.807, 2.05) is 25.2 Å². The molecule has 0 bridgehead atoms. The van der Waals surface area contributed by atoms with Crippen molar-refractivity contribution in [2.75, 3.05) is 13.1 Å². The van der Waals surface area contributed by atoms with Crippen LogP contribution >= 0.6 is 46.4 Å². The molecule has 1 saturated heterocycles. The van der Waals surface area contributed by atoms with Gasteiger partial charge in [0.2, 0.25) is 0 Å². The molecule has 1 aromatic heterocycles. The number of aryl methyl sites for hydroxylation is 1. The molecule has 4 nitrogen and oxygen atoms in total. The number of carboxylic acids is 1. The fourth-order valence-corrected chi connectivity index (χ4v) is 5.63. The van der Waals surface area contributed by atoms with Gasteiger partial charge in [0.05, 0.1) is 15.6 Å². The summed E-state index contributed by atoms with van der Waals surface area (Å²) in [5.74, 6) is -0.461. The summed E-state index contributed by atoms with van der Waals surface area (Å²) in [7, 11) is 1.98. The van der Waals surface area contributed by atoms with Gasteiger partial charge in [-0.15, -0.1) is 0 Å². The number of fused-ring (bicyclic) bond motifs is 1. The summed E-state index contributed by atoms with van der Waals surface area (Å²) >= 11 is 26.0. The van der Waals surface area contributed by atoms with Crippen molar-refractivity contribution >= 4 is 63.3 Å². The predicted molar refractivity (Wildman–Crippen MR) is 132 cm³/mol. The van der Waals surface area contributed by atoms with Crippen molar-refractivity contribution in [1.29, 1.82) is 0 Å². The van der Waals surface area contributed by atoms with Crippen LogP contribution in [-0.4, -0.2) is 33.6 Å². The van der Waals surface area contributed by atoms with Crippen molar-refractivity contribution < 1.29 is 9.90 Å². The van der Waals surface area contributed by atoms with Crippen LogP contribution in [0.5, 0.6) is 0 Å². The van der Waals surface area contributed by atoms with Crippen LogP contribution in [0.25, 0.3) is 10.9 Å². The van der Waals surface area contributed by atoms with Gasteiger partial charge in [-0.25, -0.2) is 0 Å². The van der Waals surface area contributed by atoms with Crippen LogP contribution in [0, 0.1) is 5.92 Å². The van der Waals surface area contributed by atoms with Crippen LogP contribution in [-0.2, 0) is 24.8 Å². The van der Waals surface area contributed by atoms with Crippen molar-refractivity contribution in [2.45, 2.75) is 32.2 Å². The van der Waals surface area contributed by atoms with Gasteiger partial charge in [0.25, 0.3) is 0 Å². The van der Waals surface area contributed by atoms with E-state index in [9.17, 15) is 4.79 Å². The lowest BCUT2D eigenvalue weighted by Gasteiger charge is -2.31. The highest BCUT2D eigenvalue weighted by Gasteiger charge is 2.23. The summed E-state index contributed by atoms with van der Waals surface area (Å²) in [6.45, 7) is 2.46. The first kappa shape index (κ1) is 23.7. The molecule has 1 N–H and O–H groups in total. The molecule has 8 heteroatoms. The van der Waals surface area contributed by atoms with E-state index in [0.29, 0.717) is 26.5 Å². The third kappa shape index (κ3) is 5.05. The Morgan fingerprint density at radius 1 is 1.06 bits per heavy atom. The molecule has 0 radical (unpaired) electrons. The number of aromatic nitrogens is 1. The summed E-state index contributed by atoms with van der Waals surface area (Å²) in [6, 6.07) is 9.59. The van der Waals surface area contributed by atoms with Gasteiger partial charge in [0.15, 0.2) is 0 Å². The quantitative estimate of drug-likeness (QED) is 0.383. The number of likely N-dealkylation sites (tertiary alicyclic amines) is 1. The fraction of sp³-hybridized carbons (Fsp3) is 0.375. The number of nitrogens with zero attached hydrogens (tertiary/aromatic N) is 2. The van der Waals surface area contributed by atoms with Crippen LogP contribution in [0.4, 0.5) is 0 Å². The van der Waals surface area contributed by atoms with Crippen LogP contribution in [0.15, 0.2) is 30.3 Å². The highest BCUT2D eigenvalue weighted by atomic mass is 35.5. The van der Waals surface area contributed by atoms with Gasteiger partial charge in [-0.1, -0.05) is 52.5 Å². The maximum Gasteiger partial charge on any atom is 0.303 e. The minimum Gasteiger partial charge on any atom is -0.481 e. The average molecular weight is 514 g/mol. The third-order valence-corrected chi connectivity index (χ3v) is 7.72. The smallest absolute Gasteiger partial charge is 0.303 e. The Kier molecular flexibility index (Phi) is 7.28. The number of halogens is 4. The van der Waals surface area contributed by atoms with E-state index in [4.69, 9.17) is 51.5 Å². The van der Waals surface area contributed by atoms with Gasteiger partial charge in [0, 0.05) is 47.6 Å². The number of benzene rings is 2. The van der Waals surface area contributed by atoms with Gasteiger partial charge in [-0.05, 0) is 67.2 Å². The molecule has 2 aromatic carbocycles. The lowest BCUT2D eigenvalue weighted by molar-refractivity contribution is -0.138. The average Bonchev–Trinajstić information content (AvgIpc) is 3.04. The molecule has 2 heterocycles. The summed E-state index contributed by atoms with van der Waals surface area (Å²) in [6.07, 6.45) is 2.61. The van der Waals surface area contributed by atoms with Gasteiger partial charge in [0.1, 0.15) is 0 Å². The molecule has 3 aromatic rings. The van der Waals surface area contributed by atoms with Crippen molar-refractivity contribution in [1.82, 2.24) is 9.47 Å². The molecule has 0 amide bonds. The zero-order chi connectivity index (χ0) is 23.0. The van der Waals surface area contributed by atoms with Crippen molar-refractivity contribution in [2.24, 2.45) is 13.0 Å². The number of hydrogen-bond donors (Lipinski definition) is 1. The van der Waals surface area contributed by atoms with E-state index >= 15 is 0 Å². The summed E-state index contributed by atoms with van der Waals surface area (Å²) in [5, 5.41) is 12.5. The highest BCUT2D eigenvalue weighted by molar-refractivity contribution is 6.38. The largest absolute Gasteiger partial charge is 0.481 e. The zero-order valence-corrected chi connectivity index (χ0v) is 20.7. The Hall–Kier alpha value is -1.43. The molecule has 32 heavy (non-hydrogen) atoms. The second-order valence-corrected chi connectivity index (χ2v) is 10.1.